The molecule has 6 heteroatoms. The topological polar surface area (TPSA) is 77.8 Å². The van der Waals surface area contributed by atoms with Crippen LogP contribution in [0, 0.1) is 0 Å². The highest BCUT2D eigenvalue weighted by atomic mass is 35.5. The molecule has 2 rings (SSSR count). The predicted octanol–water partition coefficient (Wildman–Crippen LogP) is 1.79. The molecule has 1 aromatic rings. The van der Waals surface area contributed by atoms with Crippen molar-refractivity contribution in [2.45, 2.75) is 24.9 Å². The Morgan fingerprint density at radius 2 is 2.17 bits per heavy atom. The number of amides is 1. The Kier molecular flexibility index (Phi) is 3.43. The van der Waals surface area contributed by atoms with Crippen molar-refractivity contribution in [3.05, 3.63) is 28.8 Å². The Balaban J connectivity index is 2.36. The van der Waals surface area contributed by atoms with E-state index in [9.17, 15) is 19.8 Å². The number of hydrogen-bond donors (Lipinski definition) is 2. The van der Waals surface area contributed by atoms with Crippen molar-refractivity contribution in [1.29, 1.82) is 0 Å². The largest absolute Gasteiger partial charge is 0.506 e. The SMILES string of the molecule is O=CN(C1CC1)C(C(=O)O)c1ccc(O)c(Cl)c1. The summed E-state index contributed by atoms with van der Waals surface area (Å²) in [7, 11) is 0. The first-order chi connectivity index (χ1) is 8.54. The number of carbonyl (C=O) groups excluding carboxylic acids is 1. The summed E-state index contributed by atoms with van der Waals surface area (Å²) >= 11 is 5.76. The van der Waals surface area contributed by atoms with Gasteiger partial charge in [0, 0.05) is 6.04 Å². The molecule has 1 atom stereocenters. The fourth-order valence-corrected chi connectivity index (χ4v) is 2.05. The summed E-state index contributed by atoms with van der Waals surface area (Å²) in [6, 6.07) is 3.07. The van der Waals surface area contributed by atoms with Crippen molar-refractivity contribution in [3.8, 4) is 5.75 Å². The van der Waals surface area contributed by atoms with Crippen LogP contribution < -0.4 is 0 Å². The van der Waals surface area contributed by atoms with Gasteiger partial charge in [0.2, 0.25) is 6.41 Å². The first-order valence-electron chi connectivity index (χ1n) is 5.48. The van der Waals surface area contributed by atoms with Gasteiger partial charge in [0.1, 0.15) is 5.75 Å². The van der Waals surface area contributed by atoms with Gasteiger partial charge in [0.05, 0.1) is 5.02 Å². The van der Waals surface area contributed by atoms with Gasteiger partial charge >= 0.3 is 5.97 Å². The van der Waals surface area contributed by atoms with Crippen LogP contribution in [0.3, 0.4) is 0 Å². The number of halogens is 1. The number of hydrogen-bond acceptors (Lipinski definition) is 3. The van der Waals surface area contributed by atoms with Gasteiger partial charge in [-0.15, -0.1) is 0 Å². The van der Waals surface area contributed by atoms with Crippen LogP contribution in [0.2, 0.25) is 5.02 Å². The van der Waals surface area contributed by atoms with Gasteiger partial charge in [0.25, 0.3) is 0 Å². The molecule has 1 aliphatic carbocycles. The molecular formula is C12H12ClNO4. The number of phenols is 1. The molecule has 1 aromatic carbocycles. The summed E-state index contributed by atoms with van der Waals surface area (Å²) in [4.78, 5) is 23.6. The third-order valence-corrected chi connectivity index (χ3v) is 3.21. The van der Waals surface area contributed by atoms with Gasteiger partial charge in [0.15, 0.2) is 6.04 Å². The Morgan fingerprint density at radius 3 is 2.61 bits per heavy atom. The monoisotopic (exact) mass is 269 g/mol. The molecule has 1 aliphatic rings. The molecule has 0 saturated heterocycles. The van der Waals surface area contributed by atoms with Crippen LogP contribution in [0.1, 0.15) is 24.4 Å². The maximum Gasteiger partial charge on any atom is 0.331 e. The Bertz CT molecular complexity index is 487. The normalized spacial score (nSPS) is 16.1. The van der Waals surface area contributed by atoms with Crippen molar-refractivity contribution in [1.82, 2.24) is 4.90 Å². The second kappa shape index (κ2) is 4.86. The number of nitrogens with zero attached hydrogens (tertiary/aromatic N) is 1. The molecule has 2 N–H and O–H groups in total. The summed E-state index contributed by atoms with van der Waals surface area (Å²) in [6.45, 7) is 0. The first-order valence-corrected chi connectivity index (χ1v) is 5.86. The number of carboxylic acid groups (broad SMARTS) is 1. The van der Waals surface area contributed by atoms with Crippen LogP contribution in [-0.2, 0) is 9.59 Å². The van der Waals surface area contributed by atoms with E-state index in [1.165, 1.54) is 23.1 Å². The minimum Gasteiger partial charge on any atom is -0.506 e. The van der Waals surface area contributed by atoms with Crippen molar-refractivity contribution in [3.63, 3.8) is 0 Å². The van der Waals surface area contributed by atoms with Crippen molar-refractivity contribution in [2.75, 3.05) is 0 Å². The highest BCUT2D eigenvalue weighted by Crippen LogP contribution is 2.35. The molecule has 0 spiro atoms. The average Bonchev–Trinajstić information content (AvgIpc) is 3.13. The average molecular weight is 270 g/mol. The van der Waals surface area contributed by atoms with Gasteiger partial charge in [-0.2, -0.15) is 0 Å². The zero-order valence-electron chi connectivity index (χ0n) is 9.41. The van der Waals surface area contributed by atoms with Crippen LogP contribution >= 0.6 is 11.6 Å². The quantitative estimate of drug-likeness (QED) is 0.799. The number of aromatic hydroxyl groups is 1. The minimum absolute atomic E-state index is 0.0174. The second-order valence-corrected chi connectivity index (χ2v) is 4.64. The highest BCUT2D eigenvalue weighted by molar-refractivity contribution is 6.32. The zero-order valence-corrected chi connectivity index (χ0v) is 10.2. The molecule has 96 valence electrons. The van der Waals surface area contributed by atoms with Crippen LogP contribution in [-0.4, -0.2) is 33.5 Å². The summed E-state index contributed by atoms with van der Waals surface area (Å²) in [5, 5.41) is 18.6. The van der Waals surface area contributed by atoms with E-state index in [4.69, 9.17) is 11.6 Å². The number of phenolic OH excluding ortho intramolecular Hbond substituents is 1. The standard InChI is InChI=1S/C12H12ClNO4/c13-9-5-7(1-4-10(9)16)11(12(17)18)14(6-15)8-2-3-8/h1,4-6,8,11,16H,2-3H2,(H,17,18). The lowest BCUT2D eigenvalue weighted by Crippen LogP contribution is -2.34. The molecule has 1 fully saturated rings. The lowest BCUT2D eigenvalue weighted by Gasteiger charge is -2.25. The molecule has 1 amide bonds. The van der Waals surface area contributed by atoms with E-state index in [-0.39, 0.29) is 16.8 Å². The van der Waals surface area contributed by atoms with E-state index < -0.39 is 12.0 Å². The van der Waals surface area contributed by atoms with E-state index in [0.29, 0.717) is 12.0 Å². The van der Waals surface area contributed by atoms with Crippen LogP contribution in [0.4, 0.5) is 0 Å². The number of aliphatic carboxylic acids is 1. The molecule has 0 heterocycles. The van der Waals surface area contributed by atoms with E-state index >= 15 is 0 Å². The molecule has 0 bridgehead atoms. The lowest BCUT2D eigenvalue weighted by atomic mass is 10.1. The molecule has 0 aromatic heterocycles. The van der Waals surface area contributed by atoms with Crippen molar-refractivity contribution in [2.24, 2.45) is 0 Å². The number of rotatable bonds is 5. The smallest absolute Gasteiger partial charge is 0.331 e. The van der Waals surface area contributed by atoms with Crippen LogP contribution in [0.25, 0.3) is 0 Å². The molecular weight excluding hydrogens is 258 g/mol. The number of carboxylic acids is 1. The second-order valence-electron chi connectivity index (χ2n) is 4.24. The molecule has 18 heavy (non-hydrogen) atoms. The number of benzene rings is 1. The van der Waals surface area contributed by atoms with E-state index in [1.54, 1.807) is 0 Å². The maximum absolute atomic E-state index is 11.3. The molecule has 1 unspecified atom stereocenters. The summed E-state index contributed by atoms with van der Waals surface area (Å²) in [6.07, 6.45) is 2.18. The van der Waals surface area contributed by atoms with E-state index in [1.807, 2.05) is 0 Å². The fraction of sp³-hybridized carbons (Fsp3) is 0.333. The molecule has 0 radical (unpaired) electrons. The van der Waals surface area contributed by atoms with E-state index in [0.717, 1.165) is 12.8 Å². The maximum atomic E-state index is 11.3. The van der Waals surface area contributed by atoms with Gasteiger partial charge in [-0.25, -0.2) is 4.79 Å². The molecule has 0 aliphatic heterocycles. The lowest BCUT2D eigenvalue weighted by molar-refractivity contribution is -0.147. The van der Waals surface area contributed by atoms with E-state index in [2.05, 4.69) is 0 Å². The third kappa shape index (κ3) is 2.41. The molecule has 5 nitrogen and oxygen atoms in total. The van der Waals surface area contributed by atoms with Crippen LogP contribution in [0.5, 0.6) is 5.75 Å². The predicted molar refractivity (Wildman–Crippen MR) is 64.4 cm³/mol. The van der Waals surface area contributed by atoms with Crippen LogP contribution in [0.15, 0.2) is 18.2 Å². The van der Waals surface area contributed by atoms with Crippen molar-refractivity contribution < 1.29 is 19.8 Å². The first kappa shape index (κ1) is 12.7. The highest BCUT2D eigenvalue weighted by Gasteiger charge is 2.37. The van der Waals surface area contributed by atoms with Gasteiger partial charge in [-0.1, -0.05) is 17.7 Å². The molecule has 1 saturated carbocycles. The summed E-state index contributed by atoms with van der Waals surface area (Å²) in [5.74, 6) is -1.23. The van der Waals surface area contributed by atoms with Crippen molar-refractivity contribution >= 4 is 24.0 Å². The summed E-state index contributed by atoms with van der Waals surface area (Å²) in [5.41, 5.74) is 0.379. The summed E-state index contributed by atoms with van der Waals surface area (Å²) < 4.78 is 0. The Hall–Kier alpha value is -1.75. The third-order valence-electron chi connectivity index (χ3n) is 2.91. The Morgan fingerprint density at radius 1 is 1.50 bits per heavy atom. The Labute approximate surface area is 109 Å². The fourth-order valence-electron chi connectivity index (χ4n) is 1.87. The zero-order chi connectivity index (χ0) is 13.3. The number of carbonyl (C=O) groups is 2. The van der Waals surface area contributed by atoms with Gasteiger partial charge in [-0.05, 0) is 30.5 Å². The minimum atomic E-state index is -1.12. The van der Waals surface area contributed by atoms with Gasteiger partial charge < -0.3 is 15.1 Å². The van der Waals surface area contributed by atoms with Gasteiger partial charge in [-0.3, -0.25) is 4.79 Å².